The molecule has 4 heteroatoms. The van der Waals surface area contributed by atoms with Crippen molar-refractivity contribution >= 4 is 22.3 Å². The number of ether oxygens (including phenoxy) is 2. The van der Waals surface area contributed by atoms with E-state index in [0.29, 0.717) is 11.5 Å². The standard InChI is InChI=1S/C22H16O4/c1-25-22(24)13-18-12-20(19-9-8-17(23)11-21(19)26-18)16-7-6-14-4-2-3-5-15(14)10-16/h2-13,23H,1H3/b18-13+. The van der Waals surface area contributed by atoms with Crippen LogP contribution in [0.3, 0.4) is 0 Å². The van der Waals surface area contributed by atoms with Crippen LogP contribution < -0.4 is 4.74 Å². The van der Waals surface area contributed by atoms with Crippen LogP contribution in [0.15, 0.2) is 78.6 Å². The number of methoxy groups -OCH3 is 1. The minimum atomic E-state index is -0.502. The molecule has 0 unspecified atom stereocenters. The lowest BCUT2D eigenvalue weighted by Gasteiger charge is -2.21. The molecule has 0 fully saturated rings. The maximum absolute atomic E-state index is 11.6. The van der Waals surface area contributed by atoms with Crippen LogP contribution in [0.1, 0.15) is 11.1 Å². The molecule has 0 bridgehead atoms. The van der Waals surface area contributed by atoms with Crippen molar-refractivity contribution in [1.29, 1.82) is 0 Å². The van der Waals surface area contributed by atoms with Gasteiger partial charge < -0.3 is 14.6 Å². The highest BCUT2D eigenvalue weighted by atomic mass is 16.5. The van der Waals surface area contributed by atoms with Crippen LogP contribution in [0.2, 0.25) is 0 Å². The summed E-state index contributed by atoms with van der Waals surface area (Å²) < 4.78 is 10.4. The molecule has 3 aromatic carbocycles. The summed E-state index contributed by atoms with van der Waals surface area (Å²) in [6, 6.07) is 19.3. The van der Waals surface area contributed by atoms with Gasteiger partial charge in [-0.25, -0.2) is 4.79 Å². The number of esters is 1. The van der Waals surface area contributed by atoms with Crippen molar-refractivity contribution in [2.75, 3.05) is 7.11 Å². The van der Waals surface area contributed by atoms with Gasteiger partial charge in [-0.1, -0.05) is 36.4 Å². The minimum Gasteiger partial charge on any atom is -0.508 e. The second-order valence-corrected chi connectivity index (χ2v) is 5.97. The fourth-order valence-electron chi connectivity index (χ4n) is 3.04. The molecule has 0 amide bonds. The number of allylic oxidation sites excluding steroid dienone is 1. The molecule has 1 N–H and O–H groups in total. The lowest BCUT2D eigenvalue weighted by atomic mass is 9.93. The number of phenolic OH excluding ortho intramolecular Hbond substituents is 1. The highest BCUT2D eigenvalue weighted by Gasteiger charge is 2.20. The number of carbonyl (C=O) groups is 1. The Labute approximate surface area is 150 Å². The van der Waals surface area contributed by atoms with E-state index in [9.17, 15) is 9.90 Å². The lowest BCUT2D eigenvalue weighted by Crippen LogP contribution is -2.07. The molecule has 0 radical (unpaired) electrons. The molecule has 0 aliphatic carbocycles. The van der Waals surface area contributed by atoms with Gasteiger partial charge in [0, 0.05) is 11.6 Å². The van der Waals surface area contributed by atoms with Crippen LogP contribution in [-0.2, 0) is 9.53 Å². The summed E-state index contributed by atoms with van der Waals surface area (Å²) in [6.07, 6.45) is 3.09. The van der Waals surface area contributed by atoms with E-state index >= 15 is 0 Å². The minimum absolute atomic E-state index is 0.0981. The summed E-state index contributed by atoms with van der Waals surface area (Å²) in [5, 5.41) is 12.1. The molecular weight excluding hydrogens is 328 g/mol. The molecule has 26 heavy (non-hydrogen) atoms. The molecule has 4 nitrogen and oxygen atoms in total. The third-order valence-electron chi connectivity index (χ3n) is 4.29. The maximum Gasteiger partial charge on any atom is 0.334 e. The monoisotopic (exact) mass is 344 g/mol. The fourth-order valence-corrected chi connectivity index (χ4v) is 3.04. The third-order valence-corrected chi connectivity index (χ3v) is 4.29. The van der Waals surface area contributed by atoms with Crippen LogP contribution >= 0.6 is 0 Å². The Morgan fingerprint density at radius 3 is 2.65 bits per heavy atom. The summed E-state index contributed by atoms with van der Waals surface area (Å²) >= 11 is 0. The Bertz CT molecular complexity index is 1080. The number of benzene rings is 3. The SMILES string of the molecule is COC(=O)/C=C1\C=C(c2ccc3ccccc3c2)c2ccc(O)cc2O1. The van der Waals surface area contributed by atoms with Crippen LogP contribution in [0.4, 0.5) is 0 Å². The van der Waals surface area contributed by atoms with Crippen molar-refractivity contribution in [3.05, 3.63) is 89.7 Å². The van der Waals surface area contributed by atoms with Crippen LogP contribution in [-0.4, -0.2) is 18.2 Å². The van der Waals surface area contributed by atoms with E-state index in [0.717, 1.165) is 27.5 Å². The second kappa shape index (κ2) is 6.41. The third kappa shape index (κ3) is 2.93. The topological polar surface area (TPSA) is 55.8 Å². The van der Waals surface area contributed by atoms with Crippen molar-refractivity contribution in [3.8, 4) is 11.5 Å². The predicted molar refractivity (Wildman–Crippen MR) is 99.9 cm³/mol. The lowest BCUT2D eigenvalue weighted by molar-refractivity contribution is -0.134. The van der Waals surface area contributed by atoms with E-state index in [-0.39, 0.29) is 5.75 Å². The van der Waals surface area contributed by atoms with Gasteiger partial charge in [-0.2, -0.15) is 0 Å². The number of phenols is 1. The summed E-state index contributed by atoms with van der Waals surface area (Å²) in [4.78, 5) is 11.6. The van der Waals surface area contributed by atoms with Crippen LogP contribution in [0.5, 0.6) is 11.5 Å². The van der Waals surface area contributed by atoms with Gasteiger partial charge in [0.2, 0.25) is 0 Å². The van der Waals surface area contributed by atoms with Crippen molar-refractivity contribution in [2.24, 2.45) is 0 Å². The van der Waals surface area contributed by atoms with Gasteiger partial charge in [-0.3, -0.25) is 0 Å². The first-order valence-corrected chi connectivity index (χ1v) is 8.16. The quantitative estimate of drug-likeness (QED) is 0.552. The van der Waals surface area contributed by atoms with Gasteiger partial charge in [0.15, 0.2) is 0 Å². The first-order valence-electron chi connectivity index (χ1n) is 8.16. The molecule has 0 saturated heterocycles. The Kier molecular flexibility index (Phi) is 3.93. The normalized spacial score (nSPS) is 14.5. The first kappa shape index (κ1) is 16.0. The number of rotatable bonds is 2. The average Bonchev–Trinajstić information content (AvgIpc) is 2.66. The molecule has 0 saturated carbocycles. The van der Waals surface area contributed by atoms with Gasteiger partial charge in [-0.15, -0.1) is 0 Å². The summed E-state index contributed by atoms with van der Waals surface area (Å²) in [5.41, 5.74) is 2.75. The molecule has 1 aliphatic rings. The largest absolute Gasteiger partial charge is 0.508 e. The zero-order valence-corrected chi connectivity index (χ0v) is 14.1. The van der Waals surface area contributed by atoms with Crippen molar-refractivity contribution < 1.29 is 19.4 Å². The van der Waals surface area contributed by atoms with Crippen molar-refractivity contribution in [2.45, 2.75) is 0 Å². The number of aromatic hydroxyl groups is 1. The van der Waals surface area contributed by atoms with Gasteiger partial charge in [-0.05, 0) is 46.2 Å². The van der Waals surface area contributed by atoms with Gasteiger partial charge in [0.05, 0.1) is 13.2 Å². The van der Waals surface area contributed by atoms with E-state index in [4.69, 9.17) is 4.74 Å². The molecule has 0 spiro atoms. The Morgan fingerprint density at radius 1 is 1.04 bits per heavy atom. The van der Waals surface area contributed by atoms with Gasteiger partial charge >= 0.3 is 5.97 Å². The molecule has 1 heterocycles. The van der Waals surface area contributed by atoms with Gasteiger partial charge in [0.1, 0.15) is 17.3 Å². The maximum atomic E-state index is 11.6. The molecule has 0 aromatic heterocycles. The van der Waals surface area contributed by atoms with E-state index < -0.39 is 5.97 Å². The summed E-state index contributed by atoms with van der Waals surface area (Å²) in [5.74, 6) is 0.447. The molecule has 3 aromatic rings. The van der Waals surface area contributed by atoms with Crippen molar-refractivity contribution in [1.82, 2.24) is 0 Å². The Hall–Kier alpha value is -3.53. The highest BCUT2D eigenvalue weighted by Crippen LogP contribution is 2.39. The number of hydrogen-bond acceptors (Lipinski definition) is 4. The van der Waals surface area contributed by atoms with Crippen LogP contribution in [0.25, 0.3) is 16.3 Å². The Balaban J connectivity index is 1.89. The molecule has 4 rings (SSSR count). The van der Waals surface area contributed by atoms with Crippen molar-refractivity contribution in [3.63, 3.8) is 0 Å². The molecule has 0 atom stereocenters. The molecular formula is C22H16O4. The second-order valence-electron chi connectivity index (χ2n) is 5.97. The first-order chi connectivity index (χ1) is 12.6. The Morgan fingerprint density at radius 2 is 1.85 bits per heavy atom. The number of carbonyl (C=O) groups excluding carboxylic acids is 1. The summed E-state index contributed by atoms with van der Waals surface area (Å²) in [6.45, 7) is 0. The van der Waals surface area contributed by atoms with E-state index in [1.165, 1.54) is 19.3 Å². The molecule has 128 valence electrons. The smallest absolute Gasteiger partial charge is 0.334 e. The van der Waals surface area contributed by atoms with E-state index in [1.54, 1.807) is 18.2 Å². The van der Waals surface area contributed by atoms with E-state index in [1.807, 2.05) is 18.2 Å². The molecule has 1 aliphatic heterocycles. The predicted octanol–water partition coefficient (Wildman–Crippen LogP) is 4.43. The van der Waals surface area contributed by atoms with Crippen LogP contribution in [0, 0.1) is 0 Å². The zero-order valence-electron chi connectivity index (χ0n) is 14.1. The zero-order chi connectivity index (χ0) is 18.1. The number of hydrogen-bond donors (Lipinski definition) is 1. The number of fused-ring (bicyclic) bond motifs is 2. The summed E-state index contributed by atoms with van der Waals surface area (Å²) in [7, 11) is 1.32. The average molecular weight is 344 g/mol. The fraction of sp³-hybridized carbons (Fsp3) is 0.0455. The van der Waals surface area contributed by atoms with E-state index in [2.05, 4.69) is 29.0 Å². The highest BCUT2D eigenvalue weighted by molar-refractivity contribution is 5.93. The van der Waals surface area contributed by atoms with Gasteiger partial charge in [0.25, 0.3) is 0 Å².